The average molecular weight is 270 g/mol. The van der Waals surface area contributed by atoms with E-state index in [-0.39, 0.29) is 11.7 Å². The van der Waals surface area contributed by atoms with E-state index in [4.69, 9.17) is 4.74 Å². The van der Waals surface area contributed by atoms with Crippen LogP contribution in [0.5, 0.6) is 0 Å². The minimum absolute atomic E-state index is 0.0979. The van der Waals surface area contributed by atoms with Crippen LogP contribution in [0.3, 0.4) is 0 Å². The standard InChI is InChI=1S/C17H34O2/c1-5-6-7-14-8-10-15(11-9-14)16(18)12-13-17(2,3)19-4/h14-16,18H,5-13H2,1-4H3. The van der Waals surface area contributed by atoms with E-state index in [1.807, 2.05) is 0 Å². The molecule has 1 rings (SSSR count). The minimum atomic E-state index is -0.124. The molecule has 0 aromatic heterocycles. The maximum Gasteiger partial charge on any atom is 0.0623 e. The molecule has 2 nitrogen and oxygen atoms in total. The Bertz CT molecular complexity index is 229. The first kappa shape index (κ1) is 17.0. The quantitative estimate of drug-likeness (QED) is 0.701. The fourth-order valence-corrected chi connectivity index (χ4v) is 3.19. The summed E-state index contributed by atoms with van der Waals surface area (Å²) < 4.78 is 5.43. The SMILES string of the molecule is CCCCC1CCC(C(O)CCC(C)(C)OC)CC1. The van der Waals surface area contributed by atoms with Crippen molar-refractivity contribution in [3.05, 3.63) is 0 Å². The Hall–Kier alpha value is -0.0800. The number of ether oxygens (including phenoxy) is 1. The number of hydrogen-bond acceptors (Lipinski definition) is 2. The highest BCUT2D eigenvalue weighted by Crippen LogP contribution is 2.35. The molecule has 0 bridgehead atoms. The topological polar surface area (TPSA) is 29.5 Å². The molecule has 114 valence electrons. The lowest BCUT2D eigenvalue weighted by atomic mass is 9.76. The number of aliphatic hydroxyl groups excluding tert-OH is 1. The molecule has 0 aliphatic heterocycles. The van der Waals surface area contributed by atoms with Crippen molar-refractivity contribution in [3.63, 3.8) is 0 Å². The molecule has 1 aliphatic carbocycles. The van der Waals surface area contributed by atoms with Crippen molar-refractivity contribution in [2.75, 3.05) is 7.11 Å². The third kappa shape index (κ3) is 6.27. The van der Waals surface area contributed by atoms with Crippen LogP contribution in [0.25, 0.3) is 0 Å². The van der Waals surface area contributed by atoms with Gasteiger partial charge in [-0.1, -0.05) is 39.0 Å². The Labute approximate surface area is 119 Å². The number of rotatable bonds is 8. The summed E-state index contributed by atoms with van der Waals surface area (Å²) in [7, 11) is 1.76. The van der Waals surface area contributed by atoms with Crippen molar-refractivity contribution >= 4 is 0 Å². The number of methoxy groups -OCH3 is 1. The van der Waals surface area contributed by atoms with Crippen LogP contribution in [0.1, 0.15) is 78.6 Å². The van der Waals surface area contributed by atoms with Gasteiger partial charge in [-0.2, -0.15) is 0 Å². The van der Waals surface area contributed by atoms with Gasteiger partial charge in [0, 0.05) is 7.11 Å². The van der Waals surface area contributed by atoms with Crippen LogP contribution in [0, 0.1) is 11.8 Å². The zero-order valence-corrected chi connectivity index (χ0v) is 13.5. The molecule has 0 radical (unpaired) electrons. The van der Waals surface area contributed by atoms with E-state index >= 15 is 0 Å². The molecule has 1 unspecified atom stereocenters. The van der Waals surface area contributed by atoms with Gasteiger partial charge in [0.25, 0.3) is 0 Å². The molecule has 0 aromatic carbocycles. The number of aliphatic hydroxyl groups is 1. The molecule has 1 atom stereocenters. The Balaban J connectivity index is 2.23. The summed E-state index contributed by atoms with van der Waals surface area (Å²) in [6, 6.07) is 0. The Kier molecular flexibility index (Phi) is 7.38. The summed E-state index contributed by atoms with van der Waals surface area (Å²) in [4.78, 5) is 0. The molecule has 0 heterocycles. The second-order valence-corrected chi connectivity index (χ2v) is 6.99. The molecule has 0 aromatic rings. The van der Waals surface area contributed by atoms with E-state index in [0.717, 1.165) is 18.8 Å². The zero-order chi connectivity index (χ0) is 14.3. The van der Waals surface area contributed by atoms with Crippen molar-refractivity contribution in [3.8, 4) is 0 Å². The molecule has 1 aliphatic rings. The van der Waals surface area contributed by atoms with Gasteiger partial charge in [0.1, 0.15) is 0 Å². The van der Waals surface area contributed by atoms with Gasteiger partial charge in [-0.15, -0.1) is 0 Å². The van der Waals surface area contributed by atoms with Gasteiger partial charge in [0.2, 0.25) is 0 Å². The molecule has 0 spiro atoms. The highest BCUT2D eigenvalue weighted by atomic mass is 16.5. The summed E-state index contributed by atoms with van der Waals surface area (Å²) in [6.45, 7) is 6.47. The largest absolute Gasteiger partial charge is 0.393 e. The molecule has 1 N–H and O–H groups in total. The predicted octanol–water partition coefficient (Wildman–Crippen LogP) is 4.55. The Morgan fingerprint density at radius 1 is 1.21 bits per heavy atom. The first-order valence-electron chi connectivity index (χ1n) is 8.21. The highest BCUT2D eigenvalue weighted by Gasteiger charge is 2.27. The van der Waals surface area contributed by atoms with Gasteiger partial charge in [0.15, 0.2) is 0 Å². The Morgan fingerprint density at radius 3 is 2.37 bits per heavy atom. The molecular weight excluding hydrogens is 236 g/mol. The first-order chi connectivity index (χ1) is 8.98. The third-order valence-corrected chi connectivity index (χ3v) is 5.00. The molecule has 0 amide bonds. The lowest BCUT2D eigenvalue weighted by Crippen LogP contribution is -2.29. The lowest BCUT2D eigenvalue weighted by molar-refractivity contribution is -0.00875. The number of unbranched alkanes of at least 4 members (excludes halogenated alkanes) is 1. The molecule has 1 saturated carbocycles. The fourth-order valence-electron chi connectivity index (χ4n) is 3.19. The van der Waals surface area contributed by atoms with Crippen molar-refractivity contribution in [2.45, 2.75) is 90.3 Å². The van der Waals surface area contributed by atoms with E-state index in [1.165, 1.54) is 44.9 Å². The van der Waals surface area contributed by atoms with Crippen molar-refractivity contribution in [1.82, 2.24) is 0 Å². The highest BCUT2D eigenvalue weighted by molar-refractivity contribution is 4.79. The van der Waals surface area contributed by atoms with Crippen LogP contribution in [0.2, 0.25) is 0 Å². The molecule has 1 fully saturated rings. The van der Waals surface area contributed by atoms with Crippen LogP contribution in [-0.4, -0.2) is 23.9 Å². The van der Waals surface area contributed by atoms with E-state index in [0.29, 0.717) is 5.92 Å². The monoisotopic (exact) mass is 270 g/mol. The van der Waals surface area contributed by atoms with Gasteiger partial charge in [-0.3, -0.25) is 0 Å². The van der Waals surface area contributed by atoms with Crippen LogP contribution in [0.4, 0.5) is 0 Å². The summed E-state index contributed by atoms with van der Waals surface area (Å²) in [5.74, 6) is 1.46. The fraction of sp³-hybridized carbons (Fsp3) is 1.00. The summed E-state index contributed by atoms with van der Waals surface area (Å²) >= 11 is 0. The minimum Gasteiger partial charge on any atom is -0.393 e. The predicted molar refractivity (Wildman–Crippen MR) is 81.3 cm³/mol. The maximum absolute atomic E-state index is 10.3. The first-order valence-corrected chi connectivity index (χ1v) is 8.21. The van der Waals surface area contributed by atoms with Crippen LogP contribution < -0.4 is 0 Å². The summed E-state index contributed by atoms with van der Waals surface area (Å²) in [6.07, 6.45) is 10.9. The van der Waals surface area contributed by atoms with E-state index < -0.39 is 0 Å². The summed E-state index contributed by atoms with van der Waals surface area (Å²) in [5.41, 5.74) is -0.0979. The van der Waals surface area contributed by atoms with Crippen molar-refractivity contribution < 1.29 is 9.84 Å². The van der Waals surface area contributed by atoms with Gasteiger partial charge >= 0.3 is 0 Å². The van der Waals surface area contributed by atoms with Gasteiger partial charge in [-0.25, -0.2) is 0 Å². The number of hydrogen-bond donors (Lipinski definition) is 1. The van der Waals surface area contributed by atoms with E-state index in [2.05, 4.69) is 20.8 Å². The van der Waals surface area contributed by atoms with Crippen LogP contribution in [-0.2, 0) is 4.74 Å². The summed E-state index contributed by atoms with van der Waals surface area (Å²) in [5, 5.41) is 10.3. The van der Waals surface area contributed by atoms with Crippen LogP contribution in [0.15, 0.2) is 0 Å². The molecular formula is C17H34O2. The van der Waals surface area contributed by atoms with E-state index in [9.17, 15) is 5.11 Å². The van der Waals surface area contributed by atoms with Crippen molar-refractivity contribution in [2.24, 2.45) is 11.8 Å². The second kappa shape index (κ2) is 8.26. The van der Waals surface area contributed by atoms with Crippen molar-refractivity contribution in [1.29, 1.82) is 0 Å². The molecule has 2 heteroatoms. The average Bonchev–Trinajstić information content (AvgIpc) is 2.43. The third-order valence-electron chi connectivity index (χ3n) is 5.00. The second-order valence-electron chi connectivity index (χ2n) is 6.99. The molecule has 0 saturated heterocycles. The van der Waals surface area contributed by atoms with Gasteiger partial charge < -0.3 is 9.84 Å². The maximum atomic E-state index is 10.3. The smallest absolute Gasteiger partial charge is 0.0623 e. The van der Waals surface area contributed by atoms with E-state index in [1.54, 1.807) is 7.11 Å². The molecule has 19 heavy (non-hydrogen) atoms. The van der Waals surface area contributed by atoms with Crippen LogP contribution >= 0.6 is 0 Å². The Morgan fingerprint density at radius 2 is 1.84 bits per heavy atom. The van der Waals surface area contributed by atoms with Gasteiger partial charge in [-0.05, 0) is 51.4 Å². The lowest BCUT2D eigenvalue weighted by Gasteiger charge is -2.33. The zero-order valence-electron chi connectivity index (χ0n) is 13.5. The van der Waals surface area contributed by atoms with Gasteiger partial charge in [0.05, 0.1) is 11.7 Å². The normalized spacial score (nSPS) is 26.4.